The van der Waals surface area contributed by atoms with E-state index in [4.69, 9.17) is 9.47 Å². The first-order chi connectivity index (χ1) is 14.4. The van der Waals surface area contributed by atoms with Crippen molar-refractivity contribution in [3.05, 3.63) is 53.6 Å². The zero-order valence-electron chi connectivity index (χ0n) is 16.4. The van der Waals surface area contributed by atoms with Crippen LogP contribution in [0.2, 0.25) is 0 Å². The van der Waals surface area contributed by atoms with Crippen LogP contribution in [0.5, 0.6) is 0 Å². The van der Waals surface area contributed by atoms with E-state index in [9.17, 15) is 19.2 Å². The highest BCUT2D eigenvalue weighted by Gasteiger charge is 2.24. The van der Waals surface area contributed by atoms with Gasteiger partial charge < -0.3 is 20.1 Å². The van der Waals surface area contributed by atoms with Crippen LogP contribution in [-0.2, 0) is 19.1 Å². The summed E-state index contributed by atoms with van der Waals surface area (Å²) in [5.41, 5.74) is 1.21. The van der Waals surface area contributed by atoms with E-state index < -0.39 is 24.5 Å². The van der Waals surface area contributed by atoms with E-state index in [-0.39, 0.29) is 34.6 Å². The normalized spacial score (nSPS) is 14.9. The van der Waals surface area contributed by atoms with Gasteiger partial charge in [0.1, 0.15) is 0 Å². The number of para-hydroxylation sites is 1. The smallest absolute Gasteiger partial charge is 0.340 e. The number of fused-ring (bicyclic) bond motifs is 1. The molecule has 3 rings (SSSR count). The summed E-state index contributed by atoms with van der Waals surface area (Å²) in [6.07, 6.45) is 0. The topological polar surface area (TPSA) is 111 Å². The molecule has 9 heteroatoms. The molecule has 1 aliphatic rings. The summed E-state index contributed by atoms with van der Waals surface area (Å²) in [5.74, 6) is -2.01. The van der Waals surface area contributed by atoms with Crippen LogP contribution >= 0.6 is 11.8 Å². The van der Waals surface area contributed by atoms with Gasteiger partial charge in [0.2, 0.25) is 5.91 Å². The molecule has 0 unspecified atom stereocenters. The van der Waals surface area contributed by atoms with Crippen LogP contribution in [0, 0.1) is 0 Å². The van der Waals surface area contributed by atoms with Crippen molar-refractivity contribution in [3.63, 3.8) is 0 Å². The van der Waals surface area contributed by atoms with Crippen LogP contribution in [-0.4, -0.2) is 42.2 Å². The average molecular weight is 428 g/mol. The van der Waals surface area contributed by atoms with Gasteiger partial charge in [-0.1, -0.05) is 12.1 Å². The van der Waals surface area contributed by atoms with Crippen molar-refractivity contribution < 1.29 is 28.7 Å². The van der Waals surface area contributed by atoms with E-state index in [1.165, 1.54) is 23.9 Å². The van der Waals surface area contributed by atoms with Crippen molar-refractivity contribution in [2.45, 2.75) is 24.0 Å². The molecule has 0 saturated heterocycles. The van der Waals surface area contributed by atoms with Crippen LogP contribution in [0.3, 0.4) is 0 Å². The maximum absolute atomic E-state index is 12.3. The van der Waals surface area contributed by atoms with Crippen molar-refractivity contribution in [2.24, 2.45) is 0 Å². The molecule has 30 heavy (non-hydrogen) atoms. The number of carbonyl (C=O) groups is 4. The first-order valence-electron chi connectivity index (χ1n) is 9.23. The SMILES string of the molecule is CCOC(=O)c1ccccc1NC(=O)COC(=O)c1ccc2c(c1)NC(=O)[C@@H](C)S2. The lowest BCUT2D eigenvalue weighted by Crippen LogP contribution is -2.26. The highest BCUT2D eigenvalue weighted by atomic mass is 32.2. The molecule has 2 N–H and O–H groups in total. The van der Waals surface area contributed by atoms with Gasteiger partial charge in [0.25, 0.3) is 5.91 Å². The van der Waals surface area contributed by atoms with E-state index >= 15 is 0 Å². The summed E-state index contributed by atoms with van der Waals surface area (Å²) in [4.78, 5) is 49.1. The molecular formula is C21H20N2O6S. The van der Waals surface area contributed by atoms with Gasteiger partial charge in [0.15, 0.2) is 6.61 Å². The van der Waals surface area contributed by atoms with Gasteiger partial charge in [0, 0.05) is 4.90 Å². The number of benzene rings is 2. The summed E-state index contributed by atoms with van der Waals surface area (Å²) in [6, 6.07) is 11.2. The number of ether oxygens (including phenoxy) is 2. The van der Waals surface area contributed by atoms with Crippen molar-refractivity contribution in [3.8, 4) is 0 Å². The summed E-state index contributed by atoms with van der Waals surface area (Å²) in [5, 5.41) is 5.07. The van der Waals surface area contributed by atoms with Gasteiger partial charge in [0.05, 0.1) is 34.4 Å². The predicted molar refractivity (Wildman–Crippen MR) is 112 cm³/mol. The Morgan fingerprint density at radius 3 is 2.63 bits per heavy atom. The second-order valence-corrected chi connectivity index (χ2v) is 7.73. The minimum Gasteiger partial charge on any atom is -0.462 e. The van der Waals surface area contributed by atoms with Crippen LogP contribution in [0.15, 0.2) is 47.4 Å². The fraction of sp³-hybridized carbons (Fsp3) is 0.238. The van der Waals surface area contributed by atoms with Crippen molar-refractivity contribution in [1.82, 2.24) is 0 Å². The van der Waals surface area contributed by atoms with Gasteiger partial charge in [-0.05, 0) is 44.2 Å². The Hall–Kier alpha value is -3.33. The van der Waals surface area contributed by atoms with Crippen molar-refractivity contribution >= 4 is 46.9 Å². The van der Waals surface area contributed by atoms with Crippen LogP contribution in [0.25, 0.3) is 0 Å². The monoisotopic (exact) mass is 428 g/mol. The van der Waals surface area contributed by atoms with E-state index in [0.717, 1.165) is 4.90 Å². The molecule has 156 valence electrons. The Labute approximate surface area is 177 Å². The maximum Gasteiger partial charge on any atom is 0.340 e. The maximum atomic E-state index is 12.3. The standard InChI is InChI=1S/C21H20N2O6S/c1-3-28-21(27)14-6-4-5-7-15(14)22-18(24)11-29-20(26)13-8-9-17-16(10-13)23-19(25)12(2)30-17/h4-10,12H,3,11H2,1-2H3,(H,22,24)(H,23,25)/t12-/m1/s1. The Morgan fingerprint density at radius 2 is 1.87 bits per heavy atom. The van der Waals surface area contributed by atoms with E-state index in [0.29, 0.717) is 5.69 Å². The number of thioether (sulfide) groups is 1. The quantitative estimate of drug-likeness (QED) is 0.680. The second-order valence-electron chi connectivity index (χ2n) is 6.35. The summed E-state index contributed by atoms with van der Waals surface area (Å²) in [6.45, 7) is 3.15. The number of esters is 2. The van der Waals surface area contributed by atoms with Crippen molar-refractivity contribution in [2.75, 3.05) is 23.8 Å². The molecule has 0 saturated carbocycles. The second kappa shape index (κ2) is 9.45. The number of rotatable bonds is 6. The zero-order chi connectivity index (χ0) is 21.7. The van der Waals surface area contributed by atoms with Crippen LogP contribution in [0.1, 0.15) is 34.6 Å². The molecule has 0 spiro atoms. The molecule has 0 aliphatic carbocycles. The lowest BCUT2D eigenvalue weighted by Gasteiger charge is -2.21. The molecule has 8 nitrogen and oxygen atoms in total. The summed E-state index contributed by atoms with van der Waals surface area (Å²) >= 11 is 1.40. The molecule has 1 atom stereocenters. The highest BCUT2D eigenvalue weighted by molar-refractivity contribution is 8.00. The van der Waals surface area contributed by atoms with Gasteiger partial charge in [-0.15, -0.1) is 11.8 Å². The number of hydrogen-bond acceptors (Lipinski definition) is 7. The van der Waals surface area contributed by atoms with E-state index in [2.05, 4.69) is 10.6 Å². The largest absolute Gasteiger partial charge is 0.462 e. The predicted octanol–water partition coefficient (Wildman–Crippen LogP) is 3.09. The molecule has 1 heterocycles. The number of hydrogen-bond donors (Lipinski definition) is 2. The Bertz CT molecular complexity index is 1010. The molecule has 0 bridgehead atoms. The number of amides is 2. The molecular weight excluding hydrogens is 408 g/mol. The first kappa shape index (κ1) is 21.4. The summed E-state index contributed by atoms with van der Waals surface area (Å²) < 4.78 is 10.0. The third kappa shape index (κ3) is 4.98. The van der Waals surface area contributed by atoms with Crippen molar-refractivity contribution in [1.29, 1.82) is 0 Å². The average Bonchev–Trinajstić information content (AvgIpc) is 2.73. The van der Waals surface area contributed by atoms with Gasteiger partial charge in [-0.3, -0.25) is 9.59 Å². The summed E-state index contributed by atoms with van der Waals surface area (Å²) in [7, 11) is 0. The fourth-order valence-corrected chi connectivity index (χ4v) is 3.65. The van der Waals surface area contributed by atoms with E-state index in [1.807, 2.05) is 0 Å². The molecule has 2 aromatic rings. The molecule has 0 fully saturated rings. The fourth-order valence-electron chi connectivity index (χ4n) is 2.72. The van der Waals surface area contributed by atoms with Gasteiger partial charge >= 0.3 is 11.9 Å². The Kier molecular flexibility index (Phi) is 6.73. The van der Waals surface area contributed by atoms with E-state index in [1.54, 1.807) is 44.2 Å². The Balaban J connectivity index is 1.61. The highest BCUT2D eigenvalue weighted by Crippen LogP contribution is 2.36. The third-order valence-electron chi connectivity index (χ3n) is 4.18. The van der Waals surface area contributed by atoms with Gasteiger partial charge in [-0.2, -0.15) is 0 Å². The minimum atomic E-state index is -0.704. The molecule has 0 radical (unpaired) electrons. The number of anilines is 2. The first-order valence-corrected chi connectivity index (χ1v) is 10.1. The molecule has 1 aliphatic heterocycles. The van der Waals surface area contributed by atoms with Gasteiger partial charge in [-0.25, -0.2) is 9.59 Å². The Morgan fingerprint density at radius 1 is 1.10 bits per heavy atom. The number of nitrogens with one attached hydrogen (secondary N) is 2. The zero-order valence-corrected chi connectivity index (χ0v) is 17.2. The molecule has 2 aromatic carbocycles. The third-order valence-corrected chi connectivity index (χ3v) is 5.35. The minimum absolute atomic E-state index is 0.141. The molecule has 0 aromatic heterocycles. The lowest BCUT2D eigenvalue weighted by molar-refractivity contribution is -0.119. The molecule has 2 amide bonds. The lowest BCUT2D eigenvalue weighted by atomic mass is 10.2. The van der Waals surface area contributed by atoms with Crippen LogP contribution in [0.4, 0.5) is 11.4 Å². The number of carbonyl (C=O) groups excluding carboxylic acids is 4. The van der Waals surface area contributed by atoms with Crippen LogP contribution < -0.4 is 10.6 Å².